The van der Waals surface area contributed by atoms with Gasteiger partial charge in [-0.25, -0.2) is 0 Å². The maximum atomic E-state index is 12.6. The highest BCUT2D eigenvalue weighted by atomic mass is 16.2. The lowest BCUT2D eigenvalue weighted by Gasteiger charge is -2.30. The van der Waals surface area contributed by atoms with Crippen LogP contribution in [0.5, 0.6) is 0 Å². The minimum atomic E-state index is -0.709. The zero-order valence-corrected chi connectivity index (χ0v) is 14.3. The standard InChI is InChI=1S/C19H30N2O/c1-4-11-19(3,20)17(22)21-14-13-18(2,15-21)12-10-16-8-6-5-7-9-16/h5-9H,4,10-15,20H2,1-3H3. The second-order valence-electron chi connectivity index (χ2n) is 7.44. The highest BCUT2D eigenvalue weighted by Crippen LogP contribution is 2.35. The van der Waals surface area contributed by atoms with Crippen LogP contribution in [-0.2, 0) is 11.2 Å². The second-order valence-corrected chi connectivity index (χ2v) is 7.44. The Morgan fingerprint density at radius 1 is 1.36 bits per heavy atom. The zero-order valence-electron chi connectivity index (χ0n) is 14.3. The molecular weight excluding hydrogens is 272 g/mol. The molecule has 2 unspecified atom stereocenters. The van der Waals surface area contributed by atoms with Crippen molar-refractivity contribution in [3.05, 3.63) is 35.9 Å². The van der Waals surface area contributed by atoms with Crippen molar-refractivity contribution in [2.45, 2.75) is 58.4 Å². The fourth-order valence-corrected chi connectivity index (χ4v) is 3.48. The van der Waals surface area contributed by atoms with Crippen molar-refractivity contribution in [2.24, 2.45) is 11.1 Å². The maximum Gasteiger partial charge on any atom is 0.242 e. The first-order valence-electron chi connectivity index (χ1n) is 8.48. The van der Waals surface area contributed by atoms with Crippen molar-refractivity contribution < 1.29 is 4.79 Å². The van der Waals surface area contributed by atoms with E-state index in [0.717, 1.165) is 45.2 Å². The summed E-state index contributed by atoms with van der Waals surface area (Å²) in [7, 11) is 0. The van der Waals surface area contributed by atoms with Crippen molar-refractivity contribution in [1.29, 1.82) is 0 Å². The van der Waals surface area contributed by atoms with Crippen LogP contribution in [0, 0.1) is 5.41 Å². The molecule has 1 aromatic rings. The lowest BCUT2D eigenvalue weighted by Crippen LogP contribution is -2.52. The summed E-state index contributed by atoms with van der Waals surface area (Å²) in [6.07, 6.45) is 4.97. The molecule has 1 aliphatic heterocycles. The second kappa shape index (κ2) is 6.82. The van der Waals surface area contributed by atoms with Crippen molar-refractivity contribution in [1.82, 2.24) is 4.90 Å². The lowest BCUT2D eigenvalue weighted by molar-refractivity contribution is -0.136. The fraction of sp³-hybridized carbons (Fsp3) is 0.632. The van der Waals surface area contributed by atoms with Crippen LogP contribution in [0.15, 0.2) is 30.3 Å². The van der Waals surface area contributed by atoms with Crippen LogP contribution < -0.4 is 5.73 Å². The molecule has 0 spiro atoms. The molecule has 1 saturated heterocycles. The quantitative estimate of drug-likeness (QED) is 0.875. The molecule has 0 bridgehead atoms. The lowest BCUT2D eigenvalue weighted by atomic mass is 9.83. The Balaban J connectivity index is 1.92. The number of nitrogens with two attached hydrogens (primary N) is 1. The normalized spacial score (nSPS) is 24.3. The molecule has 1 fully saturated rings. The molecule has 1 heterocycles. The van der Waals surface area contributed by atoms with Gasteiger partial charge >= 0.3 is 0 Å². The van der Waals surface area contributed by atoms with Gasteiger partial charge in [0.05, 0.1) is 5.54 Å². The molecule has 1 aliphatic rings. The molecule has 0 aromatic heterocycles. The summed E-state index contributed by atoms with van der Waals surface area (Å²) < 4.78 is 0. The summed E-state index contributed by atoms with van der Waals surface area (Å²) >= 11 is 0. The summed E-state index contributed by atoms with van der Waals surface area (Å²) in [5.74, 6) is 0.123. The molecule has 1 aromatic carbocycles. The number of amides is 1. The van der Waals surface area contributed by atoms with Gasteiger partial charge in [-0.15, -0.1) is 0 Å². The van der Waals surface area contributed by atoms with E-state index < -0.39 is 5.54 Å². The monoisotopic (exact) mass is 302 g/mol. The number of nitrogens with zero attached hydrogens (tertiary/aromatic N) is 1. The van der Waals surface area contributed by atoms with Gasteiger partial charge in [-0.1, -0.05) is 50.6 Å². The van der Waals surface area contributed by atoms with Crippen molar-refractivity contribution >= 4 is 5.91 Å². The van der Waals surface area contributed by atoms with Gasteiger partial charge in [-0.05, 0) is 43.6 Å². The van der Waals surface area contributed by atoms with E-state index in [4.69, 9.17) is 5.73 Å². The first kappa shape index (κ1) is 17.0. The number of carbonyl (C=O) groups is 1. The molecule has 3 nitrogen and oxygen atoms in total. The van der Waals surface area contributed by atoms with E-state index in [1.807, 2.05) is 11.8 Å². The average molecular weight is 302 g/mol. The van der Waals surface area contributed by atoms with Crippen LogP contribution in [0.25, 0.3) is 0 Å². The van der Waals surface area contributed by atoms with E-state index in [2.05, 4.69) is 44.2 Å². The van der Waals surface area contributed by atoms with E-state index in [1.54, 1.807) is 0 Å². The van der Waals surface area contributed by atoms with Crippen molar-refractivity contribution in [3.8, 4) is 0 Å². The van der Waals surface area contributed by atoms with E-state index in [1.165, 1.54) is 5.56 Å². The smallest absolute Gasteiger partial charge is 0.242 e. The van der Waals surface area contributed by atoms with E-state index in [9.17, 15) is 4.79 Å². The number of carbonyl (C=O) groups excluding carboxylic acids is 1. The number of benzene rings is 1. The molecule has 0 radical (unpaired) electrons. The van der Waals surface area contributed by atoms with Crippen LogP contribution in [-0.4, -0.2) is 29.4 Å². The van der Waals surface area contributed by atoms with E-state index in [0.29, 0.717) is 0 Å². The van der Waals surface area contributed by atoms with E-state index >= 15 is 0 Å². The highest BCUT2D eigenvalue weighted by Gasteiger charge is 2.40. The molecule has 0 aliphatic carbocycles. The Kier molecular flexibility index (Phi) is 5.28. The Labute approximate surface area is 134 Å². The largest absolute Gasteiger partial charge is 0.341 e. The van der Waals surface area contributed by atoms with Gasteiger partial charge in [0.25, 0.3) is 0 Å². The summed E-state index contributed by atoms with van der Waals surface area (Å²) in [5.41, 5.74) is 7.10. The van der Waals surface area contributed by atoms with Gasteiger partial charge in [0, 0.05) is 13.1 Å². The van der Waals surface area contributed by atoms with Crippen LogP contribution in [0.3, 0.4) is 0 Å². The number of likely N-dealkylation sites (tertiary alicyclic amines) is 1. The van der Waals surface area contributed by atoms with Gasteiger partial charge in [0.15, 0.2) is 0 Å². The molecule has 2 N–H and O–H groups in total. The number of rotatable bonds is 6. The first-order chi connectivity index (χ1) is 10.4. The summed E-state index contributed by atoms with van der Waals surface area (Å²) in [6.45, 7) is 7.94. The van der Waals surface area contributed by atoms with Crippen molar-refractivity contribution in [3.63, 3.8) is 0 Å². The van der Waals surface area contributed by atoms with Gasteiger partial charge in [0.1, 0.15) is 0 Å². The van der Waals surface area contributed by atoms with Gasteiger partial charge in [0.2, 0.25) is 5.91 Å². The summed E-state index contributed by atoms with van der Waals surface area (Å²) in [4.78, 5) is 14.6. The van der Waals surface area contributed by atoms with Crippen molar-refractivity contribution in [2.75, 3.05) is 13.1 Å². The molecule has 2 rings (SSSR count). The van der Waals surface area contributed by atoms with Crippen LogP contribution in [0.1, 0.15) is 52.0 Å². The van der Waals surface area contributed by atoms with Crippen LogP contribution >= 0.6 is 0 Å². The van der Waals surface area contributed by atoms with Gasteiger partial charge < -0.3 is 10.6 Å². The highest BCUT2D eigenvalue weighted by molar-refractivity contribution is 5.86. The first-order valence-corrected chi connectivity index (χ1v) is 8.48. The molecule has 3 heteroatoms. The molecular formula is C19H30N2O. The predicted molar refractivity (Wildman–Crippen MR) is 91.6 cm³/mol. The van der Waals surface area contributed by atoms with Gasteiger partial charge in [-0.2, -0.15) is 0 Å². The third-order valence-electron chi connectivity index (χ3n) is 4.96. The topological polar surface area (TPSA) is 46.3 Å². The molecule has 22 heavy (non-hydrogen) atoms. The maximum absolute atomic E-state index is 12.6. The third kappa shape index (κ3) is 4.10. The molecule has 1 amide bonds. The van der Waals surface area contributed by atoms with Crippen LogP contribution in [0.4, 0.5) is 0 Å². The minimum absolute atomic E-state index is 0.123. The number of hydrogen-bond donors (Lipinski definition) is 1. The third-order valence-corrected chi connectivity index (χ3v) is 4.96. The SMILES string of the molecule is CCCC(C)(N)C(=O)N1CCC(C)(CCc2ccccc2)C1. The summed E-state index contributed by atoms with van der Waals surface area (Å²) in [5, 5.41) is 0. The van der Waals surface area contributed by atoms with Crippen LogP contribution in [0.2, 0.25) is 0 Å². The fourth-order valence-electron chi connectivity index (χ4n) is 3.48. The molecule has 122 valence electrons. The summed E-state index contributed by atoms with van der Waals surface area (Å²) in [6, 6.07) is 10.6. The Morgan fingerprint density at radius 3 is 2.68 bits per heavy atom. The Bertz CT molecular complexity index is 497. The number of aryl methyl sites for hydroxylation is 1. The minimum Gasteiger partial charge on any atom is -0.341 e. The Morgan fingerprint density at radius 2 is 2.05 bits per heavy atom. The van der Waals surface area contributed by atoms with Gasteiger partial charge in [-0.3, -0.25) is 4.79 Å². The molecule has 0 saturated carbocycles. The number of hydrogen-bond acceptors (Lipinski definition) is 2. The Hall–Kier alpha value is -1.35. The predicted octanol–water partition coefficient (Wildman–Crippen LogP) is 3.38. The zero-order chi connectivity index (χ0) is 16.2. The average Bonchev–Trinajstić information content (AvgIpc) is 2.88. The van der Waals surface area contributed by atoms with E-state index in [-0.39, 0.29) is 11.3 Å². The molecule has 2 atom stereocenters.